The van der Waals surface area contributed by atoms with Gasteiger partial charge in [0, 0.05) is 18.8 Å². The third-order valence-corrected chi connectivity index (χ3v) is 2.01. The number of nitrogens with one attached hydrogen (secondary N) is 2. The molecule has 0 unspecified atom stereocenters. The van der Waals surface area contributed by atoms with Crippen LogP contribution in [0.5, 0.6) is 5.75 Å². The fraction of sp³-hybridized carbons (Fsp3) is 0.273. The molecule has 6 heteroatoms. The van der Waals surface area contributed by atoms with Crippen LogP contribution >= 0.6 is 0 Å². The van der Waals surface area contributed by atoms with Crippen molar-refractivity contribution >= 4 is 17.6 Å². The van der Waals surface area contributed by atoms with E-state index in [1.54, 1.807) is 20.2 Å². The minimum absolute atomic E-state index is 0.000693. The average molecular weight is 236 g/mol. The smallest absolute Gasteiger partial charge is 0.241 e. The number of anilines is 1. The van der Waals surface area contributed by atoms with E-state index in [0.29, 0.717) is 5.75 Å². The van der Waals surface area contributed by atoms with E-state index in [2.05, 4.69) is 15.6 Å². The Balaban J connectivity index is 2.60. The van der Waals surface area contributed by atoms with Crippen LogP contribution in [-0.2, 0) is 4.79 Å². The first-order valence-corrected chi connectivity index (χ1v) is 5.07. The molecular weight excluding hydrogens is 220 g/mol. The molecule has 0 aromatic heterocycles. The van der Waals surface area contributed by atoms with Crippen molar-refractivity contribution < 1.29 is 9.53 Å². The summed E-state index contributed by atoms with van der Waals surface area (Å²) in [5.41, 5.74) is 6.37. The molecule has 17 heavy (non-hydrogen) atoms. The van der Waals surface area contributed by atoms with Gasteiger partial charge in [0.2, 0.25) is 5.91 Å². The zero-order valence-corrected chi connectivity index (χ0v) is 9.86. The summed E-state index contributed by atoms with van der Waals surface area (Å²) in [6.45, 7) is -0.000693. The van der Waals surface area contributed by atoms with Gasteiger partial charge in [-0.3, -0.25) is 4.79 Å². The van der Waals surface area contributed by atoms with Gasteiger partial charge in [-0.2, -0.15) is 0 Å². The van der Waals surface area contributed by atoms with Crippen molar-refractivity contribution in [3.05, 3.63) is 24.3 Å². The number of rotatable bonds is 4. The van der Waals surface area contributed by atoms with Crippen molar-refractivity contribution in [1.82, 2.24) is 5.32 Å². The van der Waals surface area contributed by atoms with E-state index in [-0.39, 0.29) is 18.4 Å². The van der Waals surface area contributed by atoms with Crippen molar-refractivity contribution in [3.63, 3.8) is 0 Å². The molecule has 1 rings (SSSR count). The molecular formula is C11H16N4O2. The van der Waals surface area contributed by atoms with Crippen LogP contribution in [-0.4, -0.2) is 32.6 Å². The largest absolute Gasteiger partial charge is 0.497 e. The molecule has 0 saturated carbocycles. The number of amides is 1. The highest BCUT2D eigenvalue weighted by molar-refractivity contribution is 5.93. The Bertz CT molecular complexity index is 418. The Hall–Kier alpha value is -2.24. The van der Waals surface area contributed by atoms with Crippen LogP contribution in [0.4, 0.5) is 5.69 Å². The monoisotopic (exact) mass is 236 g/mol. The lowest BCUT2D eigenvalue weighted by atomic mass is 10.3. The Morgan fingerprint density at radius 1 is 1.53 bits per heavy atom. The molecule has 0 aliphatic rings. The number of hydrogen-bond acceptors (Lipinski definition) is 3. The summed E-state index contributed by atoms with van der Waals surface area (Å²) in [6, 6.07) is 7.25. The van der Waals surface area contributed by atoms with Crippen LogP contribution in [0.1, 0.15) is 0 Å². The number of hydrogen-bond donors (Lipinski definition) is 3. The molecule has 0 saturated heterocycles. The van der Waals surface area contributed by atoms with Crippen molar-refractivity contribution in [2.75, 3.05) is 26.0 Å². The summed E-state index contributed by atoms with van der Waals surface area (Å²) in [5, 5.41) is 5.32. The normalized spacial score (nSPS) is 10.8. The maximum Gasteiger partial charge on any atom is 0.241 e. The molecule has 0 spiro atoms. The third kappa shape index (κ3) is 4.42. The minimum Gasteiger partial charge on any atom is -0.497 e. The molecule has 0 bridgehead atoms. The topological polar surface area (TPSA) is 88.7 Å². The molecule has 6 nitrogen and oxygen atoms in total. The number of methoxy groups -OCH3 is 1. The Morgan fingerprint density at radius 3 is 2.94 bits per heavy atom. The third-order valence-electron chi connectivity index (χ3n) is 2.01. The highest BCUT2D eigenvalue weighted by Gasteiger charge is 1.99. The van der Waals surface area contributed by atoms with Crippen LogP contribution in [0.2, 0.25) is 0 Å². The van der Waals surface area contributed by atoms with Gasteiger partial charge in [0.15, 0.2) is 5.96 Å². The Morgan fingerprint density at radius 2 is 2.29 bits per heavy atom. The number of ether oxygens (including phenoxy) is 1. The van der Waals surface area contributed by atoms with Crippen molar-refractivity contribution in [1.29, 1.82) is 0 Å². The quantitative estimate of drug-likeness (QED) is 0.513. The van der Waals surface area contributed by atoms with Crippen molar-refractivity contribution in [2.24, 2.45) is 10.7 Å². The summed E-state index contributed by atoms with van der Waals surface area (Å²) in [4.78, 5) is 14.8. The standard InChI is InChI=1S/C11H16N4O2/c1-13-10(16)7-14-11(12)15-8-4-3-5-9(6-8)17-2/h3-6H,7H2,1-2H3,(H,13,16)(H3,12,14,15). The molecule has 0 radical (unpaired) electrons. The molecule has 92 valence electrons. The lowest BCUT2D eigenvalue weighted by molar-refractivity contribution is -0.119. The Kier molecular flexibility index (Phi) is 4.80. The SMILES string of the molecule is CNC(=O)CN=C(N)Nc1cccc(OC)c1. The highest BCUT2D eigenvalue weighted by atomic mass is 16.5. The zero-order chi connectivity index (χ0) is 12.7. The van der Waals surface area contributed by atoms with E-state index in [0.717, 1.165) is 5.69 Å². The van der Waals surface area contributed by atoms with Gasteiger partial charge < -0.3 is 21.1 Å². The molecule has 1 amide bonds. The van der Waals surface area contributed by atoms with Gasteiger partial charge >= 0.3 is 0 Å². The summed E-state index contributed by atoms with van der Waals surface area (Å²) >= 11 is 0. The molecule has 0 heterocycles. The van der Waals surface area contributed by atoms with Crippen LogP contribution in [0.3, 0.4) is 0 Å². The summed E-state index contributed by atoms with van der Waals surface area (Å²) < 4.78 is 5.07. The Labute approximate surface area is 99.9 Å². The van der Waals surface area contributed by atoms with E-state index in [4.69, 9.17) is 10.5 Å². The first kappa shape index (κ1) is 12.8. The van der Waals surface area contributed by atoms with Gasteiger partial charge in [-0.25, -0.2) is 4.99 Å². The number of guanidine groups is 1. The van der Waals surface area contributed by atoms with E-state index >= 15 is 0 Å². The number of likely N-dealkylation sites (N-methyl/N-ethyl adjacent to an activating group) is 1. The number of nitrogens with zero attached hydrogens (tertiary/aromatic N) is 1. The van der Waals surface area contributed by atoms with Crippen LogP contribution in [0.25, 0.3) is 0 Å². The second kappa shape index (κ2) is 6.37. The molecule has 0 aliphatic carbocycles. The number of carbonyl (C=O) groups excluding carboxylic acids is 1. The molecule has 0 fully saturated rings. The lowest BCUT2D eigenvalue weighted by Gasteiger charge is -2.07. The van der Waals surface area contributed by atoms with Crippen molar-refractivity contribution in [2.45, 2.75) is 0 Å². The number of nitrogens with two attached hydrogens (primary N) is 1. The fourth-order valence-electron chi connectivity index (χ4n) is 1.12. The summed E-state index contributed by atoms with van der Waals surface area (Å²) in [6.07, 6.45) is 0. The van der Waals surface area contributed by atoms with Gasteiger partial charge in [0.1, 0.15) is 12.3 Å². The van der Waals surface area contributed by atoms with Gasteiger partial charge in [0.25, 0.3) is 0 Å². The van der Waals surface area contributed by atoms with Crippen molar-refractivity contribution in [3.8, 4) is 5.75 Å². The second-order valence-corrected chi connectivity index (χ2v) is 3.23. The summed E-state index contributed by atoms with van der Waals surface area (Å²) in [5.74, 6) is 0.705. The predicted molar refractivity (Wildman–Crippen MR) is 67.2 cm³/mol. The molecule has 1 aromatic carbocycles. The van der Waals surface area contributed by atoms with Gasteiger partial charge in [-0.05, 0) is 12.1 Å². The maximum atomic E-state index is 10.9. The summed E-state index contributed by atoms with van der Waals surface area (Å²) in [7, 11) is 3.13. The first-order chi connectivity index (χ1) is 8.15. The first-order valence-electron chi connectivity index (χ1n) is 5.07. The molecule has 4 N–H and O–H groups in total. The highest BCUT2D eigenvalue weighted by Crippen LogP contribution is 2.16. The van der Waals surface area contributed by atoms with E-state index < -0.39 is 0 Å². The zero-order valence-electron chi connectivity index (χ0n) is 9.86. The van der Waals surface area contributed by atoms with E-state index in [1.165, 1.54) is 0 Å². The van der Waals surface area contributed by atoms with Crippen LogP contribution < -0.4 is 21.1 Å². The molecule has 0 aliphatic heterocycles. The lowest BCUT2D eigenvalue weighted by Crippen LogP contribution is -2.27. The van der Waals surface area contributed by atoms with Gasteiger partial charge in [-0.15, -0.1) is 0 Å². The van der Waals surface area contributed by atoms with Gasteiger partial charge in [0.05, 0.1) is 7.11 Å². The molecule has 1 aromatic rings. The van der Waals surface area contributed by atoms with Crippen LogP contribution in [0.15, 0.2) is 29.3 Å². The fourth-order valence-corrected chi connectivity index (χ4v) is 1.12. The van der Waals surface area contributed by atoms with Gasteiger partial charge in [-0.1, -0.05) is 6.07 Å². The second-order valence-electron chi connectivity index (χ2n) is 3.23. The number of carbonyl (C=O) groups is 1. The van der Waals surface area contributed by atoms with E-state index in [9.17, 15) is 4.79 Å². The predicted octanol–water partition coefficient (Wildman–Crippen LogP) is 0.168. The average Bonchev–Trinajstić information content (AvgIpc) is 2.36. The number of aliphatic imine (C=N–C) groups is 1. The van der Waals surface area contributed by atoms with Crippen LogP contribution in [0, 0.1) is 0 Å². The molecule has 0 atom stereocenters. The maximum absolute atomic E-state index is 10.9. The van der Waals surface area contributed by atoms with E-state index in [1.807, 2.05) is 18.2 Å². The number of benzene rings is 1. The minimum atomic E-state index is -0.194.